The molecule has 0 spiro atoms. The van der Waals surface area contributed by atoms with E-state index < -0.39 is 0 Å². The maximum Gasteiger partial charge on any atom is 0.143 e. The van der Waals surface area contributed by atoms with Crippen LogP contribution in [0.15, 0.2) is 85.5 Å². The molecule has 12 heteroatoms. The first kappa shape index (κ1) is 46.7. The lowest BCUT2D eigenvalue weighted by molar-refractivity contribution is 0.632. The van der Waals surface area contributed by atoms with E-state index in [0.717, 1.165) is 162 Å². The predicted octanol–water partition coefficient (Wildman–Crippen LogP) is 15.1. The predicted molar refractivity (Wildman–Crippen MR) is 306 cm³/mol. The summed E-state index contributed by atoms with van der Waals surface area (Å²) in [5, 5.41) is 0. The van der Waals surface area contributed by atoms with Crippen LogP contribution in [0.1, 0.15) is 135 Å². The van der Waals surface area contributed by atoms with Crippen molar-refractivity contribution in [2.24, 2.45) is 14.1 Å². The number of nitrogens with zero attached hydrogens (tertiary/aromatic N) is 8. The van der Waals surface area contributed by atoms with Gasteiger partial charge in [-0.15, -0.1) is 0 Å². The van der Waals surface area contributed by atoms with Crippen molar-refractivity contribution in [2.45, 2.75) is 90.9 Å². The van der Waals surface area contributed by atoms with E-state index in [0.29, 0.717) is 0 Å². The van der Waals surface area contributed by atoms with Crippen LogP contribution in [0.5, 0.6) is 0 Å². The Bertz CT molecular complexity index is 3670. The summed E-state index contributed by atoms with van der Waals surface area (Å²) in [7, 11) is 4.07. The highest BCUT2D eigenvalue weighted by Crippen LogP contribution is 2.39. The average molecular weight is 975 g/mol. The van der Waals surface area contributed by atoms with E-state index in [2.05, 4.69) is 152 Å². The zero-order valence-corrected chi connectivity index (χ0v) is 42.8. The molecule has 0 amide bonds. The topological polar surface area (TPSA) is 150 Å². The molecule has 0 aliphatic carbocycles. The molecule has 0 radical (unpaired) electrons. The lowest BCUT2D eigenvalue weighted by Gasteiger charge is -2.08. The van der Waals surface area contributed by atoms with Crippen molar-refractivity contribution >= 4 is 92.7 Å². The van der Waals surface area contributed by atoms with Crippen LogP contribution in [0.25, 0.3) is 127 Å². The van der Waals surface area contributed by atoms with E-state index >= 15 is 0 Å². The minimum absolute atomic E-state index is 0.835. The fraction of sp³-hybridized carbons (Fsp3) is 0.258. The molecule has 4 N–H and O–H groups in total. The van der Waals surface area contributed by atoms with Crippen molar-refractivity contribution in [3.8, 4) is 33.9 Å². The largest absolute Gasteiger partial charge is 0.355 e. The van der Waals surface area contributed by atoms with E-state index in [1.165, 1.54) is 49.7 Å². The van der Waals surface area contributed by atoms with Crippen molar-refractivity contribution < 1.29 is 0 Å². The fourth-order valence-electron chi connectivity index (χ4n) is 10.9. The third kappa shape index (κ3) is 9.09. The molecule has 0 fully saturated rings. The summed E-state index contributed by atoms with van der Waals surface area (Å²) in [5.74, 6) is 1.69. The number of aromatic nitrogens is 12. The van der Waals surface area contributed by atoms with Crippen LogP contribution in [-0.2, 0) is 26.9 Å². The van der Waals surface area contributed by atoms with Crippen molar-refractivity contribution in [3.05, 3.63) is 142 Å². The van der Waals surface area contributed by atoms with Crippen LogP contribution in [0.2, 0.25) is 0 Å². The van der Waals surface area contributed by atoms with E-state index in [4.69, 9.17) is 29.9 Å². The standard InChI is InChI=1S/C62H62N12/c1-5-7-9-11-13-15-43-45-25-29-51(69-45)57(49-21-17-39(65-49)37-41-19-23-53(67-41)59(55-31-27-47(43)71-55)61-63-33-35-73(61)3)58-50-22-18-40(66-50)38-42-20-24-54(68-42)60(62-64-34-36-74(62)4)56-32-28-48(72-56)44(16-14-12-10-8-6-2)46-26-30-52(58)70-46/h17-38,67-70H,5-16H2,1-4H3. The number of hydrogen-bond acceptors (Lipinski definition) is 6. The van der Waals surface area contributed by atoms with Gasteiger partial charge in [-0.1, -0.05) is 65.2 Å². The second-order valence-corrected chi connectivity index (χ2v) is 20.0. The Balaban J connectivity index is 1.15. The van der Waals surface area contributed by atoms with Gasteiger partial charge in [0.2, 0.25) is 0 Å². The maximum atomic E-state index is 5.45. The van der Waals surface area contributed by atoms with Gasteiger partial charge < -0.3 is 29.1 Å². The first-order valence-corrected chi connectivity index (χ1v) is 26.6. The number of aryl methyl sites for hydroxylation is 4. The van der Waals surface area contributed by atoms with Gasteiger partial charge in [0, 0.05) is 94.2 Å². The Labute approximate surface area is 430 Å². The van der Waals surface area contributed by atoms with Gasteiger partial charge in [0.1, 0.15) is 11.6 Å². The number of H-pyrrole nitrogens is 4. The first-order chi connectivity index (χ1) is 36.4. The Morgan fingerprint density at radius 3 is 1.19 bits per heavy atom. The zero-order chi connectivity index (χ0) is 50.1. The second kappa shape index (κ2) is 20.3. The molecule has 4 aliphatic heterocycles. The molecule has 370 valence electrons. The molecule has 12 rings (SSSR count). The number of imidazole rings is 2. The molecule has 8 aromatic rings. The van der Waals surface area contributed by atoms with Gasteiger partial charge in [-0.05, 0) is 135 Å². The summed E-state index contributed by atoms with van der Waals surface area (Å²) in [6.07, 6.45) is 38.3. The molecule has 8 aromatic heterocycles. The number of rotatable bonds is 15. The van der Waals surface area contributed by atoms with E-state index in [-0.39, 0.29) is 0 Å². The van der Waals surface area contributed by atoms with Gasteiger partial charge in [0.15, 0.2) is 0 Å². The van der Waals surface area contributed by atoms with E-state index in [1.54, 1.807) is 0 Å². The lowest BCUT2D eigenvalue weighted by atomic mass is 10.0. The minimum Gasteiger partial charge on any atom is -0.355 e. The van der Waals surface area contributed by atoms with Crippen LogP contribution in [0.4, 0.5) is 0 Å². The fourth-order valence-corrected chi connectivity index (χ4v) is 10.9. The molecule has 74 heavy (non-hydrogen) atoms. The minimum atomic E-state index is 0.835. The molecule has 0 aromatic carbocycles. The SMILES string of the molecule is CCCCCCCc1c2nc(c(-c3nccn3C)c3ccc(cc4nc(c(-c5c6nc(cc7ccc([nH]7)c(-c7nccn7C)c7nc(c(CCCCCCC)c8ccc5[nH]8)C=C7)C=C6)c5ccc1[nH]5)C=C4)[nH]3)C=C2. The van der Waals surface area contributed by atoms with Crippen LogP contribution in [0.3, 0.4) is 0 Å². The number of aromatic amines is 4. The molecule has 16 bridgehead atoms. The molecular formula is C62H62N12. The van der Waals surface area contributed by atoms with Crippen LogP contribution < -0.4 is 0 Å². The molecule has 0 atom stereocenters. The molecule has 12 nitrogen and oxygen atoms in total. The zero-order valence-electron chi connectivity index (χ0n) is 42.8. The van der Waals surface area contributed by atoms with Crippen molar-refractivity contribution in [2.75, 3.05) is 0 Å². The molecule has 12 heterocycles. The Morgan fingerprint density at radius 2 is 0.757 bits per heavy atom. The first-order valence-electron chi connectivity index (χ1n) is 26.6. The molecular weight excluding hydrogens is 913 g/mol. The molecule has 4 aliphatic rings. The van der Waals surface area contributed by atoms with E-state index in [1.807, 2.05) is 38.9 Å². The maximum absolute atomic E-state index is 5.45. The highest BCUT2D eigenvalue weighted by Gasteiger charge is 2.22. The molecule has 0 unspecified atom stereocenters. The quantitative estimate of drug-likeness (QED) is 0.0751. The van der Waals surface area contributed by atoms with Gasteiger partial charge in [0.25, 0.3) is 0 Å². The second-order valence-electron chi connectivity index (χ2n) is 20.0. The highest BCUT2D eigenvalue weighted by atomic mass is 15.0. The van der Waals surface area contributed by atoms with Crippen molar-refractivity contribution in [1.82, 2.24) is 59.0 Å². The number of fused-ring (bicyclic) bond motifs is 16. The number of nitrogens with one attached hydrogen (secondary N) is 4. The van der Waals surface area contributed by atoms with Gasteiger partial charge >= 0.3 is 0 Å². The normalized spacial score (nSPS) is 12.8. The number of hydrogen-bond donors (Lipinski definition) is 4. The third-order valence-corrected chi connectivity index (χ3v) is 14.8. The smallest absolute Gasteiger partial charge is 0.143 e. The Hall–Kier alpha value is -8.38. The number of unbranched alkanes of at least 4 members (excludes halogenated alkanes) is 8. The average Bonchev–Trinajstić information content (AvgIpc) is 4.24. The third-order valence-electron chi connectivity index (χ3n) is 14.8. The van der Waals surface area contributed by atoms with Gasteiger partial charge in [-0.25, -0.2) is 29.9 Å². The van der Waals surface area contributed by atoms with Crippen LogP contribution in [-0.4, -0.2) is 59.0 Å². The monoisotopic (exact) mass is 975 g/mol. The summed E-state index contributed by atoms with van der Waals surface area (Å²) >= 11 is 0. The lowest BCUT2D eigenvalue weighted by Crippen LogP contribution is -1.96. The van der Waals surface area contributed by atoms with Gasteiger partial charge in [0.05, 0.1) is 67.7 Å². The summed E-state index contributed by atoms with van der Waals surface area (Å²) in [5.41, 5.74) is 20.9. The summed E-state index contributed by atoms with van der Waals surface area (Å²) in [6.45, 7) is 4.54. The molecule has 0 saturated carbocycles. The van der Waals surface area contributed by atoms with E-state index in [9.17, 15) is 0 Å². The van der Waals surface area contributed by atoms with Gasteiger partial charge in [-0.2, -0.15) is 0 Å². The van der Waals surface area contributed by atoms with Crippen molar-refractivity contribution in [3.63, 3.8) is 0 Å². The van der Waals surface area contributed by atoms with Crippen molar-refractivity contribution in [1.29, 1.82) is 0 Å². The summed E-state index contributed by atoms with van der Waals surface area (Å²) in [6, 6.07) is 21.6. The summed E-state index contributed by atoms with van der Waals surface area (Å²) in [4.78, 5) is 46.8. The highest BCUT2D eigenvalue weighted by molar-refractivity contribution is 6.01. The Morgan fingerprint density at radius 1 is 0.378 bits per heavy atom. The van der Waals surface area contributed by atoms with Crippen LogP contribution >= 0.6 is 0 Å². The Kier molecular flexibility index (Phi) is 12.8. The van der Waals surface area contributed by atoms with Crippen LogP contribution in [0, 0.1) is 0 Å². The summed E-state index contributed by atoms with van der Waals surface area (Å²) < 4.78 is 4.11. The van der Waals surface area contributed by atoms with Gasteiger partial charge in [-0.3, -0.25) is 0 Å². The molecule has 0 saturated heterocycles.